The van der Waals surface area contributed by atoms with Gasteiger partial charge in [0.05, 0.1) is 11.6 Å². The Balaban J connectivity index is 3.24. The fraction of sp³-hybridized carbons (Fsp3) is 0.125. The average molecular weight is 182 g/mol. The van der Waals surface area contributed by atoms with Gasteiger partial charge in [-0.05, 0) is 12.1 Å². The van der Waals surface area contributed by atoms with Gasteiger partial charge in [-0.2, -0.15) is 5.26 Å². The number of aldehydes is 1. The monoisotopic (exact) mass is 182 g/mol. The molecular formula is C8H4F2N2O. The first kappa shape index (κ1) is 9.26. The van der Waals surface area contributed by atoms with E-state index in [4.69, 9.17) is 5.26 Å². The van der Waals surface area contributed by atoms with Crippen molar-refractivity contribution in [2.24, 2.45) is 0 Å². The van der Waals surface area contributed by atoms with Crippen molar-refractivity contribution in [1.82, 2.24) is 4.98 Å². The fourth-order valence-electron chi connectivity index (χ4n) is 0.811. The molecule has 0 aliphatic rings. The summed E-state index contributed by atoms with van der Waals surface area (Å²) in [5.74, 6) is 0. The van der Waals surface area contributed by atoms with Gasteiger partial charge in [0.15, 0.2) is 6.29 Å². The first-order valence-electron chi connectivity index (χ1n) is 3.33. The molecule has 0 aromatic carbocycles. The lowest BCUT2D eigenvalue weighted by molar-refractivity contribution is 0.111. The van der Waals surface area contributed by atoms with Crippen LogP contribution in [0.1, 0.15) is 28.2 Å². The normalized spacial score (nSPS) is 9.69. The molecule has 66 valence electrons. The number of hydrogen-bond donors (Lipinski definition) is 0. The maximum absolute atomic E-state index is 12.1. The minimum Gasteiger partial charge on any atom is -0.296 e. The number of pyridine rings is 1. The molecule has 0 fully saturated rings. The Labute approximate surface area is 72.6 Å². The second-order valence-corrected chi connectivity index (χ2v) is 2.24. The Hall–Kier alpha value is -1.83. The zero-order chi connectivity index (χ0) is 9.84. The summed E-state index contributed by atoms with van der Waals surface area (Å²) in [4.78, 5) is 13.6. The molecule has 0 aliphatic carbocycles. The SMILES string of the molecule is N#Cc1cc(C=O)nc(C(F)F)c1. The number of halogens is 2. The van der Waals surface area contributed by atoms with Gasteiger partial charge < -0.3 is 0 Å². The molecule has 0 N–H and O–H groups in total. The number of carbonyl (C=O) groups is 1. The summed E-state index contributed by atoms with van der Waals surface area (Å²) in [7, 11) is 0. The molecule has 0 aliphatic heterocycles. The summed E-state index contributed by atoms with van der Waals surface area (Å²) in [5.41, 5.74) is -0.706. The predicted molar refractivity (Wildman–Crippen MR) is 39.3 cm³/mol. The highest BCUT2D eigenvalue weighted by Gasteiger charge is 2.11. The second-order valence-electron chi connectivity index (χ2n) is 2.24. The minimum atomic E-state index is -2.77. The van der Waals surface area contributed by atoms with Gasteiger partial charge in [-0.15, -0.1) is 0 Å². The molecular weight excluding hydrogens is 178 g/mol. The lowest BCUT2D eigenvalue weighted by Crippen LogP contribution is -1.96. The number of nitriles is 1. The van der Waals surface area contributed by atoms with Gasteiger partial charge in [0.25, 0.3) is 6.43 Å². The minimum absolute atomic E-state index is 0.00685. The number of rotatable bonds is 2. The Bertz CT molecular complexity index is 371. The van der Waals surface area contributed by atoms with Crippen molar-refractivity contribution in [3.8, 4) is 6.07 Å². The lowest BCUT2D eigenvalue weighted by Gasteiger charge is -1.99. The van der Waals surface area contributed by atoms with E-state index in [1.807, 2.05) is 0 Å². The van der Waals surface area contributed by atoms with Crippen LogP contribution in [0.3, 0.4) is 0 Å². The van der Waals surface area contributed by atoms with Crippen LogP contribution in [0, 0.1) is 11.3 Å². The zero-order valence-electron chi connectivity index (χ0n) is 6.37. The van der Waals surface area contributed by atoms with Gasteiger partial charge in [0, 0.05) is 0 Å². The summed E-state index contributed by atoms with van der Waals surface area (Å²) >= 11 is 0. The van der Waals surface area contributed by atoms with Crippen molar-refractivity contribution in [2.75, 3.05) is 0 Å². The highest BCUT2D eigenvalue weighted by Crippen LogP contribution is 2.17. The molecule has 0 spiro atoms. The predicted octanol–water partition coefficient (Wildman–Crippen LogP) is 1.70. The highest BCUT2D eigenvalue weighted by molar-refractivity contribution is 5.72. The van der Waals surface area contributed by atoms with Crippen LogP contribution in [-0.2, 0) is 0 Å². The molecule has 1 aromatic rings. The van der Waals surface area contributed by atoms with E-state index in [1.54, 1.807) is 6.07 Å². The number of nitrogens with zero attached hydrogens (tertiary/aromatic N) is 2. The topological polar surface area (TPSA) is 53.8 Å². The summed E-state index contributed by atoms with van der Waals surface area (Å²) in [6.07, 6.45) is -2.45. The zero-order valence-corrected chi connectivity index (χ0v) is 6.37. The molecule has 0 saturated carbocycles. The molecule has 1 heterocycles. The van der Waals surface area contributed by atoms with E-state index in [1.165, 1.54) is 0 Å². The van der Waals surface area contributed by atoms with Crippen molar-refractivity contribution < 1.29 is 13.6 Å². The van der Waals surface area contributed by atoms with E-state index < -0.39 is 12.1 Å². The Kier molecular flexibility index (Phi) is 2.65. The van der Waals surface area contributed by atoms with E-state index in [0.29, 0.717) is 6.29 Å². The standard InChI is InChI=1S/C8H4F2N2O/c9-8(10)7-2-5(3-11)1-6(4-13)12-7/h1-2,4,8H. The van der Waals surface area contributed by atoms with Gasteiger partial charge in [-0.3, -0.25) is 4.79 Å². The third-order valence-corrected chi connectivity index (χ3v) is 1.34. The molecule has 0 atom stereocenters. The molecule has 1 aromatic heterocycles. The van der Waals surface area contributed by atoms with Crippen LogP contribution >= 0.6 is 0 Å². The van der Waals surface area contributed by atoms with Gasteiger partial charge >= 0.3 is 0 Å². The summed E-state index contributed by atoms with van der Waals surface area (Å²) in [5, 5.41) is 8.43. The molecule has 13 heavy (non-hydrogen) atoms. The first-order chi connectivity index (χ1) is 6.17. The molecule has 0 bridgehead atoms. The molecule has 5 heteroatoms. The maximum Gasteiger partial charge on any atom is 0.280 e. The second kappa shape index (κ2) is 3.72. The van der Waals surface area contributed by atoms with Crippen molar-refractivity contribution in [2.45, 2.75) is 6.43 Å². The van der Waals surface area contributed by atoms with Gasteiger partial charge in [0.2, 0.25) is 0 Å². The number of carbonyl (C=O) groups excluding carboxylic acids is 1. The fourth-order valence-corrected chi connectivity index (χ4v) is 0.811. The number of aromatic nitrogens is 1. The van der Waals surface area contributed by atoms with Crippen LogP contribution in [0.4, 0.5) is 8.78 Å². The average Bonchev–Trinajstić information content (AvgIpc) is 2.16. The van der Waals surface area contributed by atoms with Crippen LogP contribution in [-0.4, -0.2) is 11.3 Å². The van der Waals surface area contributed by atoms with Gasteiger partial charge in [0.1, 0.15) is 11.4 Å². The lowest BCUT2D eigenvalue weighted by atomic mass is 10.2. The summed E-state index contributed by atoms with van der Waals surface area (Å²) in [6.45, 7) is 0. The van der Waals surface area contributed by atoms with Crippen LogP contribution in [0.25, 0.3) is 0 Å². The van der Waals surface area contributed by atoms with Crippen LogP contribution in [0.5, 0.6) is 0 Å². The Morgan fingerprint density at radius 1 is 1.54 bits per heavy atom. The first-order valence-corrected chi connectivity index (χ1v) is 3.33. The molecule has 0 amide bonds. The summed E-state index contributed by atoms with van der Waals surface area (Å²) < 4.78 is 24.2. The van der Waals surface area contributed by atoms with Crippen molar-refractivity contribution in [1.29, 1.82) is 5.26 Å². The quantitative estimate of drug-likeness (QED) is 0.654. The highest BCUT2D eigenvalue weighted by atomic mass is 19.3. The molecule has 0 unspecified atom stereocenters. The largest absolute Gasteiger partial charge is 0.296 e. The molecule has 1 rings (SSSR count). The van der Waals surface area contributed by atoms with Crippen molar-refractivity contribution in [3.63, 3.8) is 0 Å². The van der Waals surface area contributed by atoms with E-state index in [0.717, 1.165) is 12.1 Å². The van der Waals surface area contributed by atoms with Crippen molar-refractivity contribution in [3.05, 3.63) is 29.1 Å². The van der Waals surface area contributed by atoms with E-state index >= 15 is 0 Å². The van der Waals surface area contributed by atoms with Gasteiger partial charge in [-0.1, -0.05) is 0 Å². The number of hydrogen-bond acceptors (Lipinski definition) is 3. The third kappa shape index (κ3) is 2.06. The Morgan fingerprint density at radius 2 is 2.23 bits per heavy atom. The van der Waals surface area contributed by atoms with E-state index in [2.05, 4.69) is 4.98 Å². The van der Waals surface area contributed by atoms with E-state index in [9.17, 15) is 13.6 Å². The summed E-state index contributed by atoms with van der Waals surface area (Å²) in [6, 6.07) is 3.77. The molecule has 3 nitrogen and oxygen atoms in total. The smallest absolute Gasteiger partial charge is 0.280 e. The maximum atomic E-state index is 12.1. The Morgan fingerprint density at radius 3 is 2.69 bits per heavy atom. The van der Waals surface area contributed by atoms with Gasteiger partial charge in [-0.25, -0.2) is 13.8 Å². The third-order valence-electron chi connectivity index (χ3n) is 1.34. The van der Waals surface area contributed by atoms with E-state index in [-0.39, 0.29) is 11.3 Å². The van der Waals surface area contributed by atoms with Crippen LogP contribution in [0.2, 0.25) is 0 Å². The van der Waals surface area contributed by atoms with Crippen molar-refractivity contribution >= 4 is 6.29 Å². The van der Waals surface area contributed by atoms with Crippen LogP contribution in [0.15, 0.2) is 12.1 Å². The molecule has 0 radical (unpaired) electrons. The molecule has 0 saturated heterocycles. The number of alkyl halides is 2. The van der Waals surface area contributed by atoms with Crippen LogP contribution < -0.4 is 0 Å².